The van der Waals surface area contributed by atoms with Crippen molar-refractivity contribution >= 4 is 0 Å². The molecule has 0 amide bonds. The van der Waals surface area contributed by atoms with Crippen LogP contribution in [0.25, 0.3) is 0 Å². The van der Waals surface area contributed by atoms with Gasteiger partial charge in [-0.2, -0.15) is 0 Å². The van der Waals surface area contributed by atoms with Gasteiger partial charge in [-0.1, -0.05) is 6.61 Å². The molecule has 0 fully saturated rings. The Labute approximate surface area is 74.9 Å². The van der Waals surface area contributed by atoms with E-state index in [1.54, 1.807) is 0 Å². The third-order valence-corrected chi connectivity index (χ3v) is 0.549. The maximum Gasteiger partial charge on any atom is 0.0402 e. The average Bonchev–Trinajstić information content (AvgIpc) is 1.69. The van der Waals surface area contributed by atoms with E-state index >= 15 is 0 Å². The number of hydrogen-bond acceptors (Lipinski definition) is 1. The monoisotopic (exact) mass is 194 g/mol. The predicted molar refractivity (Wildman–Crippen MR) is 26.8 cm³/mol. The van der Waals surface area contributed by atoms with Crippen molar-refractivity contribution in [2.75, 3.05) is 19.9 Å². The molecular formula is C5H10FOY-. The van der Waals surface area contributed by atoms with Gasteiger partial charge in [0.1, 0.15) is 0 Å². The summed E-state index contributed by atoms with van der Waals surface area (Å²) in [5.41, 5.74) is 0. The molecule has 0 heterocycles. The van der Waals surface area contributed by atoms with Crippen LogP contribution >= 0.6 is 0 Å². The molecule has 0 aliphatic rings. The first-order valence-electron chi connectivity index (χ1n) is 2.37. The largest absolute Gasteiger partial charge is 0.413 e. The molecule has 0 aliphatic carbocycles. The normalized spacial score (nSPS) is 8.25. The van der Waals surface area contributed by atoms with Gasteiger partial charge >= 0.3 is 0 Å². The van der Waals surface area contributed by atoms with Crippen molar-refractivity contribution < 1.29 is 41.8 Å². The van der Waals surface area contributed by atoms with E-state index in [0.717, 1.165) is 0 Å². The topological polar surface area (TPSA) is 9.23 Å². The summed E-state index contributed by atoms with van der Waals surface area (Å²) in [6, 6.07) is 0. The summed E-state index contributed by atoms with van der Waals surface area (Å²) in [7, 11) is 0. The second-order valence-electron chi connectivity index (χ2n) is 1.10. The van der Waals surface area contributed by atoms with E-state index in [9.17, 15) is 4.39 Å². The molecule has 8 heavy (non-hydrogen) atoms. The van der Waals surface area contributed by atoms with E-state index < -0.39 is 0 Å². The Morgan fingerprint density at radius 1 is 1.62 bits per heavy atom. The predicted octanol–water partition coefficient (Wildman–Crippen LogP) is 1.19. The number of ether oxygens (including phenoxy) is 1. The minimum atomic E-state index is -0.389. The Morgan fingerprint density at radius 3 is 2.62 bits per heavy atom. The van der Waals surface area contributed by atoms with Crippen molar-refractivity contribution in [1.82, 2.24) is 0 Å². The van der Waals surface area contributed by atoms with Crippen LogP contribution in [0, 0.1) is 6.42 Å². The maximum absolute atomic E-state index is 11.2. The molecule has 0 saturated heterocycles. The van der Waals surface area contributed by atoms with Crippen molar-refractivity contribution in [2.24, 2.45) is 0 Å². The standard InChI is InChI=1S/C5H10FO.Y/c1-2-7-5-3-4-6;/h3H,2,4-5H2,1H3;/q-1;. The average molecular weight is 194 g/mol. The summed E-state index contributed by atoms with van der Waals surface area (Å²) < 4.78 is 16.0. The van der Waals surface area contributed by atoms with Gasteiger partial charge in [0.2, 0.25) is 0 Å². The van der Waals surface area contributed by atoms with Crippen molar-refractivity contribution in [1.29, 1.82) is 0 Å². The molecule has 0 saturated carbocycles. The first-order chi connectivity index (χ1) is 3.41. The molecule has 3 heteroatoms. The number of halogens is 1. The molecule has 47 valence electrons. The molecule has 1 nitrogen and oxygen atoms in total. The fraction of sp³-hybridized carbons (Fsp3) is 0.800. The van der Waals surface area contributed by atoms with Gasteiger partial charge in [-0.25, -0.2) is 0 Å². The molecule has 0 aromatic carbocycles. The van der Waals surface area contributed by atoms with Gasteiger partial charge in [-0.3, -0.25) is 10.8 Å². The van der Waals surface area contributed by atoms with Crippen molar-refractivity contribution in [3.63, 3.8) is 0 Å². The van der Waals surface area contributed by atoms with Gasteiger partial charge in [-0.15, -0.1) is 0 Å². The first kappa shape index (κ1) is 11.7. The van der Waals surface area contributed by atoms with Crippen LogP contribution < -0.4 is 0 Å². The van der Waals surface area contributed by atoms with Crippen LogP contribution in [-0.4, -0.2) is 19.9 Å². The third kappa shape index (κ3) is 10.1. The van der Waals surface area contributed by atoms with Crippen LogP contribution in [-0.2, 0) is 37.4 Å². The summed E-state index contributed by atoms with van der Waals surface area (Å²) in [5, 5.41) is 0. The van der Waals surface area contributed by atoms with Crippen LogP contribution in [0.4, 0.5) is 4.39 Å². The van der Waals surface area contributed by atoms with Gasteiger partial charge in [0.15, 0.2) is 0 Å². The van der Waals surface area contributed by atoms with Gasteiger partial charge in [-0.05, 0) is 13.6 Å². The minimum Gasteiger partial charge on any atom is -0.413 e. The van der Waals surface area contributed by atoms with E-state index in [-0.39, 0.29) is 39.4 Å². The zero-order valence-electron chi connectivity index (χ0n) is 5.06. The molecule has 0 spiro atoms. The fourth-order valence-electron chi connectivity index (χ4n) is 0.246. The molecule has 0 N–H and O–H groups in total. The van der Waals surface area contributed by atoms with Crippen LogP contribution in [0.5, 0.6) is 0 Å². The second kappa shape index (κ2) is 10.9. The molecular weight excluding hydrogens is 184 g/mol. The zero-order chi connectivity index (χ0) is 5.54. The van der Waals surface area contributed by atoms with E-state index in [4.69, 9.17) is 4.74 Å². The van der Waals surface area contributed by atoms with E-state index in [1.807, 2.05) is 6.92 Å². The Balaban J connectivity index is 0. The van der Waals surface area contributed by atoms with E-state index in [1.165, 1.54) is 6.42 Å². The molecule has 0 rings (SSSR count). The fourth-order valence-corrected chi connectivity index (χ4v) is 0.246. The Hall–Kier alpha value is 0.994. The van der Waals surface area contributed by atoms with Crippen molar-refractivity contribution in [3.8, 4) is 0 Å². The van der Waals surface area contributed by atoms with Crippen LogP contribution in [0.3, 0.4) is 0 Å². The quantitative estimate of drug-likeness (QED) is 0.482. The second-order valence-corrected chi connectivity index (χ2v) is 1.10. The number of hydrogen-bond donors (Lipinski definition) is 0. The molecule has 1 radical (unpaired) electrons. The third-order valence-electron chi connectivity index (χ3n) is 0.549. The van der Waals surface area contributed by atoms with Crippen molar-refractivity contribution in [2.45, 2.75) is 6.92 Å². The number of rotatable bonds is 4. The zero-order valence-corrected chi connectivity index (χ0v) is 7.90. The Kier molecular flexibility index (Phi) is 16.0. The summed E-state index contributed by atoms with van der Waals surface area (Å²) >= 11 is 0. The van der Waals surface area contributed by atoms with Gasteiger partial charge in [0, 0.05) is 39.3 Å². The molecule has 0 aliphatic heterocycles. The van der Waals surface area contributed by atoms with E-state index in [0.29, 0.717) is 13.2 Å². The smallest absolute Gasteiger partial charge is 0.0402 e. The summed E-state index contributed by atoms with van der Waals surface area (Å²) in [4.78, 5) is 0. The van der Waals surface area contributed by atoms with Crippen molar-refractivity contribution in [3.05, 3.63) is 6.42 Å². The molecule has 0 unspecified atom stereocenters. The van der Waals surface area contributed by atoms with Crippen LogP contribution in [0.1, 0.15) is 6.92 Å². The Bertz CT molecular complexity index is 31.6. The van der Waals surface area contributed by atoms with Gasteiger partial charge < -0.3 is 4.74 Å². The van der Waals surface area contributed by atoms with Crippen LogP contribution in [0.2, 0.25) is 0 Å². The Morgan fingerprint density at radius 2 is 2.25 bits per heavy atom. The van der Waals surface area contributed by atoms with Crippen LogP contribution in [0.15, 0.2) is 0 Å². The first-order valence-corrected chi connectivity index (χ1v) is 2.37. The number of alkyl halides is 1. The van der Waals surface area contributed by atoms with Gasteiger partial charge in [0.25, 0.3) is 0 Å². The maximum atomic E-state index is 11.2. The molecule has 0 atom stereocenters. The molecule has 0 bridgehead atoms. The van der Waals surface area contributed by atoms with Gasteiger partial charge in [0.05, 0.1) is 0 Å². The summed E-state index contributed by atoms with van der Waals surface area (Å²) in [5.74, 6) is 0. The summed E-state index contributed by atoms with van der Waals surface area (Å²) in [6.45, 7) is 2.59. The summed E-state index contributed by atoms with van der Waals surface area (Å²) in [6.07, 6.45) is 1.45. The van der Waals surface area contributed by atoms with E-state index in [2.05, 4.69) is 0 Å². The molecule has 0 aromatic rings. The molecule has 0 aromatic heterocycles. The minimum absolute atomic E-state index is 0. The SMILES string of the molecule is CCOC[CH-]CF.[Y].